The van der Waals surface area contributed by atoms with Crippen molar-refractivity contribution in [3.8, 4) is 5.69 Å². The van der Waals surface area contributed by atoms with Crippen molar-refractivity contribution in [2.24, 2.45) is 5.10 Å². The third-order valence-electron chi connectivity index (χ3n) is 5.55. The van der Waals surface area contributed by atoms with Gasteiger partial charge in [-0.25, -0.2) is 18.5 Å². The molecule has 0 bridgehead atoms. The first-order chi connectivity index (χ1) is 17.7. The summed E-state index contributed by atoms with van der Waals surface area (Å²) in [5.41, 5.74) is 5.38. The molecule has 8 nitrogen and oxygen atoms in total. The van der Waals surface area contributed by atoms with Crippen LogP contribution in [0.2, 0.25) is 10.2 Å². The maximum absolute atomic E-state index is 13.5. The van der Waals surface area contributed by atoms with Gasteiger partial charge in [0.05, 0.1) is 33.7 Å². The van der Waals surface area contributed by atoms with Gasteiger partial charge in [0.25, 0.3) is 15.9 Å². The van der Waals surface area contributed by atoms with Gasteiger partial charge in [-0.1, -0.05) is 59.6 Å². The van der Waals surface area contributed by atoms with Crippen LogP contribution in [0.1, 0.15) is 16.8 Å². The minimum atomic E-state index is -4.06. The lowest BCUT2D eigenvalue weighted by atomic mass is 10.2. The van der Waals surface area contributed by atoms with Crippen molar-refractivity contribution in [1.29, 1.82) is 0 Å². The van der Waals surface area contributed by atoms with E-state index in [2.05, 4.69) is 15.6 Å². The van der Waals surface area contributed by atoms with Gasteiger partial charge >= 0.3 is 0 Å². The van der Waals surface area contributed by atoms with E-state index in [0.29, 0.717) is 21.8 Å². The highest BCUT2D eigenvalue weighted by molar-refractivity contribution is 7.92. The highest BCUT2D eigenvalue weighted by atomic mass is 35.5. The van der Waals surface area contributed by atoms with Crippen LogP contribution < -0.4 is 9.73 Å². The predicted molar refractivity (Wildman–Crippen MR) is 146 cm³/mol. The molecule has 0 radical (unpaired) electrons. The van der Waals surface area contributed by atoms with Crippen LogP contribution in [0.5, 0.6) is 0 Å². The first-order valence-corrected chi connectivity index (χ1v) is 13.3. The second-order valence-corrected chi connectivity index (χ2v) is 10.7. The molecule has 0 aliphatic rings. The molecule has 3 aromatic carbocycles. The first kappa shape index (κ1) is 26.4. The van der Waals surface area contributed by atoms with E-state index in [4.69, 9.17) is 23.2 Å². The van der Waals surface area contributed by atoms with Gasteiger partial charge in [-0.2, -0.15) is 10.2 Å². The summed E-state index contributed by atoms with van der Waals surface area (Å²) >= 11 is 12.4. The van der Waals surface area contributed by atoms with Crippen molar-refractivity contribution in [2.45, 2.75) is 18.7 Å². The molecule has 0 unspecified atom stereocenters. The van der Waals surface area contributed by atoms with Crippen molar-refractivity contribution in [3.05, 3.63) is 106 Å². The molecule has 0 saturated carbocycles. The average Bonchev–Trinajstić information content (AvgIpc) is 3.17. The Balaban J connectivity index is 1.57. The summed E-state index contributed by atoms with van der Waals surface area (Å²) in [6, 6.07) is 22.1. The normalized spacial score (nSPS) is 11.6. The van der Waals surface area contributed by atoms with E-state index < -0.39 is 22.5 Å². The van der Waals surface area contributed by atoms with Gasteiger partial charge in [0.1, 0.15) is 6.54 Å². The molecule has 190 valence electrons. The van der Waals surface area contributed by atoms with Crippen LogP contribution in [-0.2, 0) is 14.8 Å². The molecule has 1 N–H and O–H groups in total. The van der Waals surface area contributed by atoms with Gasteiger partial charge < -0.3 is 0 Å². The number of aryl methyl sites for hydroxylation is 1. The topological polar surface area (TPSA) is 96.7 Å². The average molecular weight is 556 g/mol. The molecular formula is C26H23Cl2N5O3S. The number of nitrogens with zero attached hydrogens (tertiary/aromatic N) is 4. The smallest absolute Gasteiger partial charge is 0.264 e. The zero-order chi connectivity index (χ0) is 26.6. The fourth-order valence-corrected chi connectivity index (χ4v) is 5.69. The number of hydrazone groups is 1. The number of amides is 1. The Kier molecular flexibility index (Phi) is 7.97. The molecule has 1 aromatic heterocycles. The number of nitrogens with one attached hydrogen (secondary N) is 1. The second-order valence-electron chi connectivity index (χ2n) is 8.09. The highest BCUT2D eigenvalue weighted by Crippen LogP contribution is 2.28. The minimum Gasteiger partial charge on any atom is -0.271 e. The van der Waals surface area contributed by atoms with Crippen LogP contribution in [0, 0.1) is 13.8 Å². The fraction of sp³-hybridized carbons (Fsp3) is 0.115. The predicted octanol–water partition coefficient (Wildman–Crippen LogP) is 5.14. The molecule has 0 aliphatic heterocycles. The summed E-state index contributed by atoms with van der Waals surface area (Å²) in [6.07, 6.45) is 1.38. The van der Waals surface area contributed by atoms with Crippen LogP contribution >= 0.6 is 23.2 Å². The SMILES string of the molecule is Cc1cc(Cl)ccc1N(CC(=O)N/N=C\c1c(Cl)nn(-c2ccccc2)c1C)S(=O)(=O)c1ccccc1. The standard InChI is InChI=1S/C26H23Cl2N5O3S/c1-18-15-20(27)13-14-24(18)32(37(35,36)22-11-7-4-8-12-22)17-25(34)30-29-16-23-19(2)33(31-26(23)28)21-9-5-3-6-10-21/h3-16H,17H2,1-2H3,(H,30,34)/b29-16-. The summed E-state index contributed by atoms with van der Waals surface area (Å²) in [5.74, 6) is -0.644. The maximum atomic E-state index is 13.5. The van der Waals surface area contributed by atoms with Gasteiger partial charge in [0.2, 0.25) is 0 Å². The number of hydrogen-bond acceptors (Lipinski definition) is 5. The van der Waals surface area contributed by atoms with E-state index >= 15 is 0 Å². The van der Waals surface area contributed by atoms with Crippen LogP contribution in [0.25, 0.3) is 5.69 Å². The second kappa shape index (κ2) is 11.2. The molecule has 37 heavy (non-hydrogen) atoms. The first-order valence-electron chi connectivity index (χ1n) is 11.1. The number of sulfonamides is 1. The highest BCUT2D eigenvalue weighted by Gasteiger charge is 2.28. The number of halogens is 2. The fourth-order valence-electron chi connectivity index (χ4n) is 3.70. The molecule has 1 amide bonds. The number of hydrogen-bond donors (Lipinski definition) is 1. The van der Waals surface area contributed by atoms with Crippen LogP contribution in [-0.4, -0.2) is 36.9 Å². The molecule has 0 aliphatic carbocycles. The molecule has 0 spiro atoms. The van der Waals surface area contributed by atoms with Crippen LogP contribution in [0.15, 0.2) is 88.9 Å². The number of benzene rings is 3. The number of anilines is 1. The Hall–Kier alpha value is -3.66. The summed E-state index contributed by atoms with van der Waals surface area (Å²) in [4.78, 5) is 12.9. The van der Waals surface area contributed by atoms with E-state index in [1.165, 1.54) is 18.3 Å². The van der Waals surface area contributed by atoms with Crippen molar-refractivity contribution in [1.82, 2.24) is 15.2 Å². The Morgan fingerprint density at radius 1 is 1.03 bits per heavy atom. The van der Waals surface area contributed by atoms with Gasteiger partial charge in [0, 0.05) is 5.02 Å². The number of carbonyl (C=O) groups excluding carboxylic acids is 1. The molecule has 0 fully saturated rings. The molecule has 4 aromatic rings. The Labute approximate surface area is 225 Å². The van der Waals surface area contributed by atoms with Crippen molar-refractivity contribution >= 4 is 51.0 Å². The van der Waals surface area contributed by atoms with Crippen molar-refractivity contribution < 1.29 is 13.2 Å². The largest absolute Gasteiger partial charge is 0.271 e. The monoisotopic (exact) mass is 555 g/mol. The van der Waals surface area contributed by atoms with Crippen LogP contribution in [0.3, 0.4) is 0 Å². The lowest BCUT2D eigenvalue weighted by Crippen LogP contribution is -2.40. The summed E-state index contributed by atoms with van der Waals surface area (Å²) in [6.45, 7) is 3.04. The lowest BCUT2D eigenvalue weighted by molar-refractivity contribution is -0.119. The molecular weight excluding hydrogens is 533 g/mol. The van der Waals surface area contributed by atoms with Gasteiger partial charge in [-0.05, 0) is 61.9 Å². The summed E-state index contributed by atoms with van der Waals surface area (Å²) < 4.78 is 29.6. The zero-order valence-electron chi connectivity index (χ0n) is 20.0. The Bertz CT molecular complexity index is 1560. The lowest BCUT2D eigenvalue weighted by Gasteiger charge is -2.25. The van der Waals surface area contributed by atoms with E-state index in [1.807, 2.05) is 37.3 Å². The van der Waals surface area contributed by atoms with Crippen molar-refractivity contribution in [2.75, 3.05) is 10.8 Å². The Morgan fingerprint density at radius 3 is 2.32 bits per heavy atom. The van der Waals surface area contributed by atoms with Gasteiger partial charge in [-0.3, -0.25) is 9.10 Å². The number of rotatable bonds is 8. The van der Waals surface area contributed by atoms with Crippen molar-refractivity contribution in [3.63, 3.8) is 0 Å². The molecule has 0 atom stereocenters. The van der Waals surface area contributed by atoms with E-state index in [0.717, 1.165) is 15.7 Å². The number of carbonyl (C=O) groups is 1. The van der Waals surface area contributed by atoms with E-state index in [9.17, 15) is 13.2 Å². The molecule has 4 rings (SSSR count). The summed E-state index contributed by atoms with van der Waals surface area (Å²) in [7, 11) is -4.06. The minimum absolute atomic E-state index is 0.0522. The molecule has 0 saturated heterocycles. The van der Waals surface area contributed by atoms with Gasteiger partial charge in [0.15, 0.2) is 5.15 Å². The third kappa shape index (κ3) is 5.85. The third-order valence-corrected chi connectivity index (χ3v) is 7.84. The van der Waals surface area contributed by atoms with Crippen LogP contribution in [0.4, 0.5) is 5.69 Å². The number of para-hydroxylation sites is 1. The Morgan fingerprint density at radius 2 is 1.68 bits per heavy atom. The molecule has 11 heteroatoms. The maximum Gasteiger partial charge on any atom is 0.264 e. The quantitative estimate of drug-likeness (QED) is 0.240. The van der Waals surface area contributed by atoms with Gasteiger partial charge in [-0.15, -0.1) is 0 Å². The molecule has 1 heterocycles. The van der Waals surface area contributed by atoms with E-state index in [1.54, 1.807) is 48.0 Å². The number of aromatic nitrogens is 2. The van der Waals surface area contributed by atoms with E-state index in [-0.39, 0.29) is 10.0 Å². The summed E-state index contributed by atoms with van der Waals surface area (Å²) in [5, 5.41) is 9.00. The zero-order valence-corrected chi connectivity index (χ0v) is 22.3.